The molecule has 0 atom stereocenters. The van der Waals surface area contributed by atoms with Gasteiger partial charge in [-0.25, -0.2) is 27.5 Å². The van der Waals surface area contributed by atoms with E-state index >= 15 is 17.6 Å². The van der Waals surface area contributed by atoms with E-state index in [9.17, 15) is 22.0 Å². The second kappa shape index (κ2) is 14.0. The summed E-state index contributed by atoms with van der Waals surface area (Å²) in [7, 11) is 0. The van der Waals surface area contributed by atoms with Gasteiger partial charge in [0.25, 0.3) is 0 Å². The number of halogens is 9. The van der Waals surface area contributed by atoms with Gasteiger partial charge in [0.1, 0.15) is 28.8 Å². The van der Waals surface area contributed by atoms with E-state index in [1.807, 2.05) is 0 Å². The van der Waals surface area contributed by atoms with Crippen LogP contribution in [0.2, 0.25) is 0 Å². The first kappa shape index (κ1) is 34.3. The van der Waals surface area contributed by atoms with Crippen molar-refractivity contribution in [3.63, 3.8) is 0 Å². The maximum atomic E-state index is 15.0. The molecule has 0 aliphatic rings. The van der Waals surface area contributed by atoms with Crippen LogP contribution >= 0.6 is 0 Å². The number of unbranched alkanes of at least 4 members (excludes halogenated alkanes) is 2. The van der Waals surface area contributed by atoms with Crippen LogP contribution in [0.3, 0.4) is 0 Å². The fourth-order valence-corrected chi connectivity index (χ4v) is 4.91. The fraction of sp³-hybridized carbons (Fsp3) is 0.200. The molecule has 4 aromatic carbocycles. The van der Waals surface area contributed by atoms with Crippen LogP contribution in [0.1, 0.15) is 37.3 Å². The molecule has 48 heavy (non-hydrogen) atoms. The molecule has 0 N–H and O–H groups in total. The first-order chi connectivity index (χ1) is 22.7. The highest BCUT2D eigenvalue weighted by Gasteiger charge is 2.41. The Hall–Kier alpha value is -5.07. The Labute approximate surface area is 268 Å². The Morgan fingerprint density at radius 3 is 1.79 bits per heavy atom. The monoisotopic (exact) mass is 676 g/mol. The fourth-order valence-electron chi connectivity index (χ4n) is 4.91. The predicted octanol–water partition coefficient (Wildman–Crippen LogP) is 10.8. The van der Waals surface area contributed by atoms with Crippen molar-refractivity contribution in [1.29, 1.82) is 0 Å². The van der Waals surface area contributed by atoms with E-state index in [0.29, 0.717) is 47.3 Å². The Balaban J connectivity index is 1.31. The van der Waals surface area contributed by atoms with Gasteiger partial charge in [-0.05, 0) is 71.5 Å². The molecular formula is C35H25F9N2O2. The molecule has 0 radical (unpaired) electrons. The van der Waals surface area contributed by atoms with Crippen molar-refractivity contribution in [3.8, 4) is 45.1 Å². The van der Waals surface area contributed by atoms with Crippen LogP contribution in [0.4, 0.5) is 39.5 Å². The SMILES string of the molecule is CCCCCc1cnc(-c2ccc(-c3cc(F)c(C(F)(F)Oc4ccc(-c5ccc(OC(F)(F)F)c(F)c5)c(F)c4)c(F)c3)cc2)nc1. The summed E-state index contributed by atoms with van der Waals surface area (Å²) in [5.74, 6) is -7.52. The highest BCUT2D eigenvalue weighted by Crippen LogP contribution is 2.39. The van der Waals surface area contributed by atoms with E-state index in [4.69, 9.17) is 0 Å². The van der Waals surface area contributed by atoms with Crippen LogP contribution in [0.25, 0.3) is 33.6 Å². The van der Waals surface area contributed by atoms with E-state index < -0.39 is 52.8 Å². The number of hydrogen-bond acceptors (Lipinski definition) is 4. The summed E-state index contributed by atoms with van der Waals surface area (Å²) in [5, 5.41) is 0. The summed E-state index contributed by atoms with van der Waals surface area (Å²) in [6.07, 6.45) is -2.21. The quantitative estimate of drug-likeness (QED) is 0.103. The molecule has 250 valence electrons. The first-order valence-electron chi connectivity index (χ1n) is 14.6. The molecule has 0 fully saturated rings. The number of ether oxygens (including phenoxy) is 2. The van der Waals surface area contributed by atoms with E-state index in [1.54, 1.807) is 24.5 Å². The van der Waals surface area contributed by atoms with Gasteiger partial charge in [-0.2, -0.15) is 8.78 Å². The van der Waals surface area contributed by atoms with Crippen LogP contribution < -0.4 is 9.47 Å². The molecule has 0 aliphatic carbocycles. The molecule has 0 spiro atoms. The zero-order valence-electron chi connectivity index (χ0n) is 25.0. The summed E-state index contributed by atoms with van der Waals surface area (Å²) in [6, 6.07) is 12.0. The smallest absolute Gasteiger partial charge is 0.429 e. The number of benzene rings is 4. The van der Waals surface area contributed by atoms with E-state index in [1.165, 1.54) is 12.1 Å². The number of aryl methyl sites for hydroxylation is 1. The highest BCUT2D eigenvalue weighted by molar-refractivity contribution is 5.69. The van der Waals surface area contributed by atoms with Crippen LogP contribution in [-0.2, 0) is 12.5 Å². The maximum absolute atomic E-state index is 15.0. The molecule has 1 aromatic heterocycles. The Kier molecular flexibility index (Phi) is 9.97. The number of nitrogens with zero attached hydrogens (tertiary/aromatic N) is 2. The summed E-state index contributed by atoms with van der Waals surface area (Å²) >= 11 is 0. The molecule has 5 rings (SSSR count). The van der Waals surface area contributed by atoms with Gasteiger partial charge < -0.3 is 9.47 Å². The second-order valence-corrected chi connectivity index (χ2v) is 10.7. The summed E-state index contributed by atoms with van der Waals surface area (Å²) < 4.78 is 134. The van der Waals surface area contributed by atoms with E-state index in [0.717, 1.165) is 49.4 Å². The minimum Gasteiger partial charge on any atom is -0.429 e. The Bertz CT molecular complexity index is 1870. The number of alkyl halides is 5. The van der Waals surface area contributed by atoms with Gasteiger partial charge in [0.15, 0.2) is 17.4 Å². The van der Waals surface area contributed by atoms with Crippen LogP contribution in [0, 0.1) is 23.3 Å². The molecule has 0 bridgehead atoms. The van der Waals surface area contributed by atoms with Crippen LogP contribution in [0.15, 0.2) is 85.2 Å². The lowest BCUT2D eigenvalue weighted by Crippen LogP contribution is -2.25. The molecule has 0 saturated heterocycles. The largest absolute Gasteiger partial charge is 0.573 e. The summed E-state index contributed by atoms with van der Waals surface area (Å²) in [5.41, 5.74) is -0.451. The van der Waals surface area contributed by atoms with Gasteiger partial charge in [0.2, 0.25) is 0 Å². The molecule has 0 unspecified atom stereocenters. The highest BCUT2D eigenvalue weighted by atomic mass is 19.4. The lowest BCUT2D eigenvalue weighted by Gasteiger charge is -2.20. The molecular weight excluding hydrogens is 651 g/mol. The second-order valence-electron chi connectivity index (χ2n) is 10.7. The topological polar surface area (TPSA) is 44.2 Å². The van der Waals surface area contributed by atoms with Crippen molar-refractivity contribution >= 4 is 0 Å². The van der Waals surface area contributed by atoms with Crippen molar-refractivity contribution < 1.29 is 49.0 Å². The van der Waals surface area contributed by atoms with Crippen molar-refractivity contribution in [1.82, 2.24) is 9.97 Å². The minimum atomic E-state index is -5.17. The van der Waals surface area contributed by atoms with Gasteiger partial charge >= 0.3 is 12.5 Å². The molecule has 0 aliphatic heterocycles. The third-order valence-corrected chi connectivity index (χ3v) is 7.24. The lowest BCUT2D eigenvalue weighted by molar-refractivity contribution is -0.275. The average molecular weight is 677 g/mol. The molecule has 0 saturated carbocycles. The summed E-state index contributed by atoms with van der Waals surface area (Å²) in [6.45, 7) is 2.11. The standard InChI is InChI=1S/C35H25F9N2O2/c1-2-3-4-5-20-18-45-33(46-19-20)22-8-6-21(7-9-22)24-15-29(38)32(30(39)16-24)34(40,41)47-25-11-12-26(27(36)17-25)23-10-13-31(28(37)14-23)48-35(42,43)44/h6-19H,2-5H2,1H3. The number of aromatic nitrogens is 2. The van der Waals surface area contributed by atoms with Crippen molar-refractivity contribution in [2.45, 2.75) is 45.1 Å². The lowest BCUT2D eigenvalue weighted by atomic mass is 10.0. The van der Waals surface area contributed by atoms with Gasteiger partial charge in [-0.1, -0.05) is 50.1 Å². The molecule has 4 nitrogen and oxygen atoms in total. The van der Waals surface area contributed by atoms with Gasteiger partial charge in [0, 0.05) is 29.6 Å². The van der Waals surface area contributed by atoms with Crippen molar-refractivity contribution in [2.75, 3.05) is 0 Å². The third kappa shape index (κ3) is 8.07. The molecule has 5 aromatic rings. The molecule has 13 heteroatoms. The zero-order chi connectivity index (χ0) is 34.6. The van der Waals surface area contributed by atoms with Crippen LogP contribution in [0.5, 0.6) is 11.5 Å². The third-order valence-electron chi connectivity index (χ3n) is 7.24. The van der Waals surface area contributed by atoms with Gasteiger partial charge in [-0.3, -0.25) is 0 Å². The van der Waals surface area contributed by atoms with Gasteiger partial charge in [-0.15, -0.1) is 13.2 Å². The zero-order valence-corrected chi connectivity index (χ0v) is 25.0. The van der Waals surface area contributed by atoms with Gasteiger partial charge in [0.05, 0.1) is 0 Å². The minimum absolute atomic E-state index is 0.0439. The Morgan fingerprint density at radius 2 is 1.21 bits per heavy atom. The number of rotatable bonds is 11. The van der Waals surface area contributed by atoms with Crippen LogP contribution in [-0.4, -0.2) is 16.3 Å². The molecule has 0 amide bonds. The molecule has 1 heterocycles. The number of hydrogen-bond donors (Lipinski definition) is 0. The summed E-state index contributed by atoms with van der Waals surface area (Å²) in [4.78, 5) is 8.74. The Morgan fingerprint density at radius 1 is 0.604 bits per heavy atom. The van der Waals surface area contributed by atoms with E-state index in [2.05, 4.69) is 26.4 Å². The van der Waals surface area contributed by atoms with E-state index in [-0.39, 0.29) is 16.7 Å². The van der Waals surface area contributed by atoms with Crippen molar-refractivity contribution in [3.05, 3.63) is 120 Å². The first-order valence-corrected chi connectivity index (χ1v) is 14.6. The van der Waals surface area contributed by atoms with Crippen molar-refractivity contribution in [2.24, 2.45) is 0 Å². The average Bonchev–Trinajstić information content (AvgIpc) is 3.01. The normalized spacial score (nSPS) is 11.9. The maximum Gasteiger partial charge on any atom is 0.573 e. The predicted molar refractivity (Wildman–Crippen MR) is 159 cm³/mol.